The van der Waals surface area contributed by atoms with Crippen molar-refractivity contribution in [3.63, 3.8) is 0 Å². The third-order valence-corrected chi connectivity index (χ3v) is 4.31. The van der Waals surface area contributed by atoms with Crippen LogP contribution < -0.4 is 4.90 Å². The lowest BCUT2D eigenvalue weighted by molar-refractivity contribution is 0.0981. The zero-order chi connectivity index (χ0) is 14.3. The van der Waals surface area contributed by atoms with E-state index in [0.717, 1.165) is 16.6 Å². The second kappa shape index (κ2) is 5.23. The normalized spacial score (nSPS) is 17.1. The maximum absolute atomic E-state index is 12.7. The molecule has 2 nitrogen and oxygen atoms in total. The highest BCUT2D eigenvalue weighted by atomic mass is 79.9. The molecule has 3 rings (SSSR count). The first-order valence-electron chi connectivity index (χ1n) is 6.44. The summed E-state index contributed by atoms with van der Waals surface area (Å²) < 4.78 is 1.05. The summed E-state index contributed by atoms with van der Waals surface area (Å²) in [6.07, 6.45) is 0.883. The molecule has 1 aliphatic heterocycles. The molecular formula is C16H13BrClNO. The van der Waals surface area contributed by atoms with Crippen LogP contribution in [-0.2, 0) is 6.42 Å². The van der Waals surface area contributed by atoms with Crippen LogP contribution in [0.4, 0.5) is 5.69 Å². The Bertz CT molecular complexity index is 669. The molecule has 4 heteroatoms. The van der Waals surface area contributed by atoms with Crippen LogP contribution in [0.5, 0.6) is 0 Å². The zero-order valence-electron chi connectivity index (χ0n) is 10.9. The van der Waals surface area contributed by atoms with Crippen LogP contribution in [0.3, 0.4) is 0 Å². The molecule has 0 aliphatic carbocycles. The van der Waals surface area contributed by atoms with Gasteiger partial charge in [0.2, 0.25) is 0 Å². The molecule has 0 spiro atoms. The minimum Gasteiger partial charge on any atom is -0.305 e. The largest absolute Gasteiger partial charge is 0.305 e. The number of nitrogens with zero attached hydrogens (tertiary/aromatic N) is 1. The van der Waals surface area contributed by atoms with E-state index in [0.29, 0.717) is 10.6 Å². The monoisotopic (exact) mass is 349 g/mol. The highest BCUT2D eigenvalue weighted by Gasteiger charge is 2.31. The van der Waals surface area contributed by atoms with Gasteiger partial charge in [-0.15, -0.1) is 0 Å². The van der Waals surface area contributed by atoms with Gasteiger partial charge in [-0.1, -0.05) is 27.5 Å². The fourth-order valence-electron chi connectivity index (χ4n) is 2.64. The molecule has 0 bridgehead atoms. The summed E-state index contributed by atoms with van der Waals surface area (Å²) in [6.45, 7) is 2.07. The average molecular weight is 351 g/mol. The number of hydrogen-bond acceptors (Lipinski definition) is 1. The molecule has 1 atom stereocenters. The van der Waals surface area contributed by atoms with Crippen LogP contribution >= 0.6 is 27.5 Å². The minimum absolute atomic E-state index is 0.0234. The van der Waals surface area contributed by atoms with Crippen molar-refractivity contribution in [3.05, 3.63) is 63.1 Å². The van der Waals surface area contributed by atoms with Gasteiger partial charge < -0.3 is 4.90 Å². The smallest absolute Gasteiger partial charge is 0.258 e. The summed E-state index contributed by atoms with van der Waals surface area (Å²) in [6, 6.07) is 13.3. The maximum atomic E-state index is 12.7. The molecule has 0 radical (unpaired) electrons. The summed E-state index contributed by atoms with van der Waals surface area (Å²) >= 11 is 9.35. The number of fused-ring (bicyclic) bond motifs is 1. The number of halogens is 2. The van der Waals surface area contributed by atoms with E-state index in [1.165, 1.54) is 5.56 Å². The lowest BCUT2D eigenvalue weighted by atomic mass is 10.1. The van der Waals surface area contributed by atoms with Gasteiger partial charge in [-0.3, -0.25) is 4.79 Å². The molecule has 0 unspecified atom stereocenters. The van der Waals surface area contributed by atoms with Gasteiger partial charge in [-0.05, 0) is 61.4 Å². The summed E-state index contributed by atoms with van der Waals surface area (Å²) in [4.78, 5) is 14.6. The van der Waals surface area contributed by atoms with Crippen molar-refractivity contribution < 1.29 is 4.79 Å². The molecule has 0 saturated heterocycles. The van der Waals surface area contributed by atoms with Crippen molar-refractivity contribution in [1.29, 1.82) is 0 Å². The number of benzene rings is 2. The Balaban J connectivity index is 1.98. The number of rotatable bonds is 1. The van der Waals surface area contributed by atoms with Gasteiger partial charge in [0.1, 0.15) is 0 Å². The molecule has 0 aromatic heterocycles. The van der Waals surface area contributed by atoms with Crippen LogP contribution in [0.1, 0.15) is 22.8 Å². The van der Waals surface area contributed by atoms with E-state index in [2.05, 4.69) is 28.9 Å². The fourth-order valence-corrected chi connectivity index (χ4v) is 3.18. The zero-order valence-corrected chi connectivity index (χ0v) is 13.3. The lowest BCUT2D eigenvalue weighted by Crippen LogP contribution is -2.35. The van der Waals surface area contributed by atoms with Crippen molar-refractivity contribution in [3.8, 4) is 0 Å². The topological polar surface area (TPSA) is 20.3 Å². The predicted molar refractivity (Wildman–Crippen MR) is 85.6 cm³/mol. The molecule has 2 aromatic rings. The van der Waals surface area contributed by atoms with Gasteiger partial charge >= 0.3 is 0 Å². The molecule has 1 heterocycles. The quantitative estimate of drug-likeness (QED) is 0.730. The second-order valence-corrected chi connectivity index (χ2v) is 6.36. The predicted octanol–water partition coefficient (Wildman–Crippen LogP) is 4.69. The number of hydrogen-bond donors (Lipinski definition) is 0. The first-order valence-corrected chi connectivity index (χ1v) is 7.61. The van der Waals surface area contributed by atoms with Crippen LogP contribution in [0, 0.1) is 0 Å². The van der Waals surface area contributed by atoms with E-state index < -0.39 is 0 Å². The fraction of sp³-hybridized carbons (Fsp3) is 0.188. The van der Waals surface area contributed by atoms with Crippen molar-refractivity contribution in [2.24, 2.45) is 0 Å². The molecule has 1 amide bonds. The first-order chi connectivity index (χ1) is 9.56. The van der Waals surface area contributed by atoms with Crippen molar-refractivity contribution in [2.45, 2.75) is 19.4 Å². The molecule has 1 aliphatic rings. The first kappa shape index (κ1) is 13.7. The maximum Gasteiger partial charge on any atom is 0.258 e. The molecular weight excluding hydrogens is 338 g/mol. The van der Waals surface area contributed by atoms with Gasteiger partial charge in [0.25, 0.3) is 5.91 Å². The van der Waals surface area contributed by atoms with Crippen molar-refractivity contribution in [1.82, 2.24) is 0 Å². The number of carbonyl (C=O) groups is 1. The Morgan fingerprint density at radius 3 is 2.65 bits per heavy atom. The van der Waals surface area contributed by atoms with Crippen LogP contribution in [-0.4, -0.2) is 11.9 Å². The minimum atomic E-state index is 0.0234. The van der Waals surface area contributed by atoms with Crippen molar-refractivity contribution in [2.75, 3.05) is 4.90 Å². The summed E-state index contributed by atoms with van der Waals surface area (Å²) in [7, 11) is 0. The van der Waals surface area contributed by atoms with E-state index in [1.807, 2.05) is 17.0 Å². The van der Waals surface area contributed by atoms with E-state index in [-0.39, 0.29) is 11.9 Å². The van der Waals surface area contributed by atoms with Gasteiger partial charge in [0.05, 0.1) is 0 Å². The third kappa shape index (κ3) is 2.36. The SMILES string of the molecule is C[C@@H]1Cc2cc(Br)ccc2N1C(=O)c1ccc(Cl)cc1. The van der Waals surface area contributed by atoms with Gasteiger partial charge in [-0.2, -0.15) is 0 Å². The van der Waals surface area contributed by atoms with Crippen LogP contribution in [0.25, 0.3) is 0 Å². The number of amides is 1. The van der Waals surface area contributed by atoms with Gasteiger partial charge in [0, 0.05) is 26.8 Å². The van der Waals surface area contributed by atoms with Crippen LogP contribution in [0.15, 0.2) is 46.9 Å². The van der Waals surface area contributed by atoms with Gasteiger partial charge in [-0.25, -0.2) is 0 Å². The standard InChI is InChI=1S/C16H13BrClNO/c1-10-8-12-9-13(17)4-7-15(12)19(10)16(20)11-2-5-14(18)6-3-11/h2-7,9-10H,8H2,1H3/t10-/m1/s1. The Kier molecular flexibility index (Phi) is 3.57. The Morgan fingerprint density at radius 1 is 1.25 bits per heavy atom. The average Bonchev–Trinajstić information content (AvgIpc) is 2.73. The number of carbonyl (C=O) groups excluding carboxylic acids is 1. The molecule has 2 aromatic carbocycles. The van der Waals surface area contributed by atoms with E-state index >= 15 is 0 Å². The van der Waals surface area contributed by atoms with E-state index in [9.17, 15) is 4.79 Å². The second-order valence-electron chi connectivity index (χ2n) is 5.01. The molecule has 20 heavy (non-hydrogen) atoms. The summed E-state index contributed by atoms with van der Waals surface area (Å²) in [5.74, 6) is 0.0234. The van der Waals surface area contributed by atoms with Crippen LogP contribution in [0.2, 0.25) is 5.02 Å². The molecule has 0 fully saturated rings. The highest BCUT2D eigenvalue weighted by Crippen LogP contribution is 2.35. The summed E-state index contributed by atoms with van der Waals surface area (Å²) in [5, 5.41) is 0.639. The molecule has 102 valence electrons. The Hall–Kier alpha value is -1.32. The van der Waals surface area contributed by atoms with E-state index in [4.69, 9.17) is 11.6 Å². The molecule has 0 saturated carbocycles. The third-order valence-electron chi connectivity index (χ3n) is 3.57. The van der Waals surface area contributed by atoms with Gasteiger partial charge in [0.15, 0.2) is 0 Å². The Labute approximate surface area is 131 Å². The van der Waals surface area contributed by atoms with E-state index in [1.54, 1.807) is 24.3 Å². The highest BCUT2D eigenvalue weighted by molar-refractivity contribution is 9.10. The van der Waals surface area contributed by atoms with Crippen molar-refractivity contribution >= 4 is 39.1 Å². The lowest BCUT2D eigenvalue weighted by Gasteiger charge is -2.22. The Morgan fingerprint density at radius 2 is 1.95 bits per heavy atom. The number of anilines is 1. The molecule has 0 N–H and O–H groups in total. The summed E-state index contributed by atoms with van der Waals surface area (Å²) in [5.41, 5.74) is 2.87.